The molecule has 0 aromatic carbocycles. The van der Waals surface area contributed by atoms with Crippen molar-refractivity contribution in [3.63, 3.8) is 0 Å². The van der Waals surface area contributed by atoms with Crippen LogP contribution >= 0.6 is 11.3 Å². The molecule has 0 saturated heterocycles. The summed E-state index contributed by atoms with van der Waals surface area (Å²) in [7, 11) is 0. The Bertz CT molecular complexity index is 580. The second kappa shape index (κ2) is 7.05. The molecule has 0 saturated carbocycles. The summed E-state index contributed by atoms with van der Waals surface area (Å²) in [4.78, 5) is 16.3. The monoisotopic (exact) mass is 289 g/mol. The molecule has 2 heterocycles. The topological polar surface area (TPSA) is 54.0 Å². The number of nitrogens with zero attached hydrogens (tertiary/aromatic N) is 1. The highest BCUT2D eigenvalue weighted by Crippen LogP contribution is 2.15. The van der Waals surface area contributed by atoms with E-state index in [0.29, 0.717) is 12.1 Å². The molecule has 0 aliphatic carbocycles. The lowest BCUT2D eigenvalue weighted by Crippen LogP contribution is -2.24. The van der Waals surface area contributed by atoms with E-state index in [-0.39, 0.29) is 5.91 Å². The summed E-state index contributed by atoms with van der Waals surface area (Å²) in [5, 5.41) is 10.3. The number of nitrogens with one attached hydrogen (secondary N) is 2. The van der Waals surface area contributed by atoms with Gasteiger partial charge in [0.05, 0.1) is 17.4 Å². The van der Waals surface area contributed by atoms with E-state index in [2.05, 4.69) is 40.2 Å². The minimum atomic E-state index is -0.0726. The van der Waals surface area contributed by atoms with Gasteiger partial charge in [0.15, 0.2) is 0 Å². The third-order valence-corrected chi connectivity index (χ3v) is 3.94. The highest BCUT2D eigenvalue weighted by Gasteiger charge is 2.11. The number of rotatable bonds is 6. The number of aromatic nitrogens is 1. The summed E-state index contributed by atoms with van der Waals surface area (Å²) in [6.07, 6.45) is 4.34. The van der Waals surface area contributed by atoms with Gasteiger partial charge in [-0.05, 0) is 41.3 Å². The van der Waals surface area contributed by atoms with Gasteiger partial charge >= 0.3 is 0 Å². The third kappa shape index (κ3) is 3.57. The van der Waals surface area contributed by atoms with Gasteiger partial charge in [-0.15, -0.1) is 0 Å². The summed E-state index contributed by atoms with van der Waals surface area (Å²) in [6.45, 7) is 5.53. The molecular weight excluding hydrogens is 270 g/mol. The number of carbonyl (C=O) groups is 1. The molecule has 1 amide bonds. The van der Waals surface area contributed by atoms with Gasteiger partial charge in [0.25, 0.3) is 5.91 Å². The van der Waals surface area contributed by atoms with Gasteiger partial charge in [-0.2, -0.15) is 11.3 Å². The standard InChI is InChI=1S/C15H19N3OS/c1-3-5-17-14-8-16-6-4-13(14)15(19)18-7-12-10-20-9-11(12)2/h4,6,8-10,17H,3,5,7H2,1-2H3,(H,18,19). The Morgan fingerprint density at radius 2 is 2.25 bits per heavy atom. The minimum absolute atomic E-state index is 0.0726. The van der Waals surface area contributed by atoms with E-state index in [1.54, 1.807) is 29.8 Å². The number of anilines is 1. The molecule has 0 aliphatic heterocycles. The van der Waals surface area contributed by atoms with E-state index in [1.807, 2.05) is 0 Å². The number of hydrogen-bond donors (Lipinski definition) is 2. The van der Waals surface area contributed by atoms with E-state index in [1.165, 1.54) is 11.1 Å². The van der Waals surface area contributed by atoms with Gasteiger partial charge in [0.1, 0.15) is 0 Å². The van der Waals surface area contributed by atoms with E-state index in [0.717, 1.165) is 18.7 Å². The second-order valence-electron chi connectivity index (χ2n) is 4.61. The average molecular weight is 289 g/mol. The Labute approximate surface area is 123 Å². The molecular formula is C15H19N3OS. The first-order chi connectivity index (χ1) is 9.72. The van der Waals surface area contributed by atoms with Crippen LogP contribution in [0.4, 0.5) is 5.69 Å². The normalized spacial score (nSPS) is 10.3. The first-order valence-corrected chi connectivity index (χ1v) is 7.64. The van der Waals surface area contributed by atoms with Crippen LogP contribution in [0.5, 0.6) is 0 Å². The molecule has 2 aromatic rings. The zero-order chi connectivity index (χ0) is 14.4. The maximum atomic E-state index is 12.3. The molecule has 2 N–H and O–H groups in total. The number of amides is 1. The molecule has 2 rings (SSSR count). The highest BCUT2D eigenvalue weighted by atomic mass is 32.1. The van der Waals surface area contributed by atoms with Crippen LogP contribution in [0.1, 0.15) is 34.8 Å². The largest absolute Gasteiger partial charge is 0.383 e. The number of aryl methyl sites for hydroxylation is 1. The van der Waals surface area contributed by atoms with Crippen LogP contribution in [0.3, 0.4) is 0 Å². The molecule has 0 bridgehead atoms. The van der Waals surface area contributed by atoms with Crippen molar-refractivity contribution in [2.75, 3.05) is 11.9 Å². The third-order valence-electron chi connectivity index (χ3n) is 3.03. The number of hydrogen-bond acceptors (Lipinski definition) is 4. The Morgan fingerprint density at radius 1 is 1.40 bits per heavy atom. The average Bonchev–Trinajstić information content (AvgIpc) is 2.88. The van der Waals surface area contributed by atoms with E-state index < -0.39 is 0 Å². The Kier molecular flexibility index (Phi) is 5.12. The van der Waals surface area contributed by atoms with Crippen molar-refractivity contribution >= 4 is 22.9 Å². The predicted octanol–water partition coefficient (Wildman–Crippen LogP) is 3.20. The summed E-state index contributed by atoms with van der Waals surface area (Å²) < 4.78 is 0. The fourth-order valence-electron chi connectivity index (χ4n) is 1.83. The van der Waals surface area contributed by atoms with Gasteiger partial charge in [0, 0.05) is 19.3 Å². The first-order valence-electron chi connectivity index (χ1n) is 6.70. The van der Waals surface area contributed by atoms with Crippen molar-refractivity contribution in [3.05, 3.63) is 45.9 Å². The molecule has 5 heteroatoms. The summed E-state index contributed by atoms with van der Waals surface area (Å²) in [6, 6.07) is 1.74. The minimum Gasteiger partial charge on any atom is -0.383 e. The Hall–Kier alpha value is -1.88. The molecule has 106 valence electrons. The van der Waals surface area contributed by atoms with Crippen molar-refractivity contribution in [2.45, 2.75) is 26.8 Å². The summed E-state index contributed by atoms with van der Waals surface area (Å²) in [5.74, 6) is -0.0726. The zero-order valence-corrected chi connectivity index (χ0v) is 12.6. The molecule has 0 atom stereocenters. The lowest BCUT2D eigenvalue weighted by Gasteiger charge is -2.11. The first kappa shape index (κ1) is 14.5. The van der Waals surface area contributed by atoms with Crippen LogP contribution < -0.4 is 10.6 Å². The van der Waals surface area contributed by atoms with Crippen LogP contribution in [0.25, 0.3) is 0 Å². The van der Waals surface area contributed by atoms with Crippen molar-refractivity contribution in [1.82, 2.24) is 10.3 Å². The lowest BCUT2D eigenvalue weighted by molar-refractivity contribution is 0.0951. The van der Waals surface area contributed by atoms with Gasteiger partial charge in [-0.1, -0.05) is 6.92 Å². The smallest absolute Gasteiger partial charge is 0.253 e. The van der Waals surface area contributed by atoms with E-state index >= 15 is 0 Å². The second-order valence-corrected chi connectivity index (χ2v) is 5.35. The van der Waals surface area contributed by atoms with E-state index in [4.69, 9.17) is 0 Å². The molecule has 4 nitrogen and oxygen atoms in total. The fourth-order valence-corrected chi connectivity index (χ4v) is 2.69. The molecule has 0 radical (unpaired) electrons. The fraction of sp³-hybridized carbons (Fsp3) is 0.333. The molecule has 2 aromatic heterocycles. The van der Waals surface area contributed by atoms with Gasteiger partial charge in [-0.3, -0.25) is 9.78 Å². The summed E-state index contributed by atoms with van der Waals surface area (Å²) >= 11 is 1.65. The maximum absolute atomic E-state index is 12.3. The molecule has 0 aliphatic rings. The Morgan fingerprint density at radius 3 is 2.95 bits per heavy atom. The summed E-state index contributed by atoms with van der Waals surface area (Å²) in [5.41, 5.74) is 3.81. The van der Waals surface area contributed by atoms with Gasteiger partial charge < -0.3 is 10.6 Å². The quantitative estimate of drug-likeness (QED) is 0.858. The van der Waals surface area contributed by atoms with Gasteiger partial charge in [-0.25, -0.2) is 0 Å². The maximum Gasteiger partial charge on any atom is 0.253 e. The molecule has 0 unspecified atom stereocenters. The van der Waals surface area contributed by atoms with Crippen molar-refractivity contribution < 1.29 is 4.79 Å². The van der Waals surface area contributed by atoms with Crippen LogP contribution in [-0.4, -0.2) is 17.4 Å². The van der Waals surface area contributed by atoms with Crippen LogP contribution in [0.15, 0.2) is 29.2 Å². The molecule has 0 spiro atoms. The zero-order valence-electron chi connectivity index (χ0n) is 11.8. The number of thiophene rings is 1. The SMILES string of the molecule is CCCNc1cnccc1C(=O)NCc1cscc1C. The Balaban J connectivity index is 2.03. The van der Waals surface area contributed by atoms with E-state index in [9.17, 15) is 4.79 Å². The lowest BCUT2D eigenvalue weighted by atomic mass is 10.2. The number of carbonyl (C=O) groups excluding carboxylic acids is 1. The number of pyridine rings is 1. The van der Waals surface area contributed by atoms with Gasteiger partial charge in [0.2, 0.25) is 0 Å². The van der Waals surface area contributed by atoms with Crippen LogP contribution in [-0.2, 0) is 6.54 Å². The van der Waals surface area contributed by atoms with Crippen molar-refractivity contribution in [1.29, 1.82) is 0 Å². The molecule has 20 heavy (non-hydrogen) atoms. The van der Waals surface area contributed by atoms with Crippen LogP contribution in [0, 0.1) is 6.92 Å². The molecule has 0 fully saturated rings. The predicted molar refractivity (Wildman–Crippen MR) is 83.2 cm³/mol. The van der Waals surface area contributed by atoms with Crippen LogP contribution in [0.2, 0.25) is 0 Å². The van der Waals surface area contributed by atoms with Crippen molar-refractivity contribution in [2.24, 2.45) is 0 Å². The van der Waals surface area contributed by atoms with Crippen molar-refractivity contribution in [3.8, 4) is 0 Å². The highest BCUT2D eigenvalue weighted by molar-refractivity contribution is 7.08.